The van der Waals surface area contributed by atoms with Crippen LogP contribution in [0.2, 0.25) is 0 Å². The van der Waals surface area contributed by atoms with Crippen LogP contribution in [-0.4, -0.2) is 21.2 Å². The van der Waals surface area contributed by atoms with Gasteiger partial charge in [-0.2, -0.15) is 4.58 Å². The Morgan fingerprint density at radius 2 is 1.32 bits per heavy atom. The second-order valence-corrected chi connectivity index (χ2v) is 9.72. The minimum Gasteiger partial charge on any atom is -0.506 e. The molecule has 7 rings (SSSR count). The van der Waals surface area contributed by atoms with Crippen molar-refractivity contribution >= 4 is 44.9 Å². The number of carbonyl (C=O) groups excluding carboxylic acids is 1. The lowest BCUT2D eigenvalue weighted by atomic mass is 9.78. The topological polar surface area (TPSA) is 45.2 Å². The lowest BCUT2D eigenvalue weighted by Gasteiger charge is -2.23. The van der Waals surface area contributed by atoms with Gasteiger partial charge in [-0.1, -0.05) is 66.7 Å². The van der Waals surface area contributed by atoms with Gasteiger partial charge >= 0.3 is 0 Å². The number of para-hydroxylation sites is 4. The Morgan fingerprint density at radius 1 is 0.684 bits per heavy atom. The number of aromatic nitrogens is 1. The maximum atomic E-state index is 14.0. The molecule has 0 spiro atoms. The van der Waals surface area contributed by atoms with Crippen molar-refractivity contribution < 1.29 is 9.90 Å². The van der Waals surface area contributed by atoms with Gasteiger partial charge in [0.05, 0.1) is 27.8 Å². The molecule has 4 nitrogen and oxygen atoms in total. The first-order chi connectivity index (χ1) is 18.6. The number of nitrogens with zero attached hydrogens (tertiary/aromatic N) is 2. The number of Topliss-reactive ketones (excluding diaryl/α,β-unsaturated/α-hetero) is 1. The molecule has 182 valence electrons. The number of carbonyl (C=O) groups is 1. The first-order valence-electron chi connectivity index (χ1n) is 12.7. The third-order valence-corrected chi connectivity index (χ3v) is 7.68. The Labute approximate surface area is 220 Å². The van der Waals surface area contributed by atoms with Crippen molar-refractivity contribution in [3.63, 3.8) is 0 Å². The maximum absolute atomic E-state index is 14.0. The van der Waals surface area contributed by atoms with E-state index in [1.54, 1.807) is 0 Å². The lowest BCUT2D eigenvalue weighted by Crippen LogP contribution is -2.24. The molecule has 2 aliphatic rings. The molecule has 1 aliphatic carbocycles. The smallest absolute Gasteiger partial charge is 0.219 e. The van der Waals surface area contributed by atoms with Gasteiger partial charge in [0, 0.05) is 47.5 Å². The summed E-state index contributed by atoms with van der Waals surface area (Å²) in [6.07, 6.45) is 0. The van der Waals surface area contributed by atoms with Crippen LogP contribution in [0.3, 0.4) is 0 Å². The fourth-order valence-electron chi connectivity index (χ4n) is 6.05. The Hall–Kier alpha value is -4.96. The van der Waals surface area contributed by atoms with Gasteiger partial charge in [-0.3, -0.25) is 4.79 Å². The number of rotatable bonds is 3. The molecule has 0 fully saturated rings. The number of hydrogen-bond donors (Lipinski definition) is 1. The predicted molar refractivity (Wildman–Crippen MR) is 155 cm³/mol. The van der Waals surface area contributed by atoms with E-state index in [1.807, 2.05) is 86.6 Å². The van der Waals surface area contributed by atoms with Crippen LogP contribution in [0.4, 0.5) is 11.4 Å². The van der Waals surface area contributed by atoms with Gasteiger partial charge in [0.25, 0.3) is 0 Å². The Balaban J connectivity index is 1.48. The van der Waals surface area contributed by atoms with Crippen LogP contribution in [0.25, 0.3) is 27.7 Å². The SMILES string of the molecule is CC1=[N+](c2ccccc2)c2ccccc2/C1=C1/C(=O)C(c2c(C)n(-c3ccccc3)c3ccccc23)=C1O. The molecule has 0 bridgehead atoms. The van der Waals surface area contributed by atoms with Crippen molar-refractivity contribution in [2.24, 2.45) is 0 Å². The second kappa shape index (κ2) is 8.29. The van der Waals surface area contributed by atoms with Crippen molar-refractivity contribution in [2.45, 2.75) is 13.8 Å². The molecule has 0 unspecified atom stereocenters. The maximum Gasteiger partial charge on any atom is 0.219 e. The molecule has 0 atom stereocenters. The van der Waals surface area contributed by atoms with E-state index in [9.17, 15) is 9.90 Å². The summed E-state index contributed by atoms with van der Waals surface area (Å²) in [6, 6.07) is 36.3. The van der Waals surface area contributed by atoms with Gasteiger partial charge in [0.15, 0.2) is 5.71 Å². The summed E-state index contributed by atoms with van der Waals surface area (Å²) in [4.78, 5) is 14.0. The summed E-state index contributed by atoms with van der Waals surface area (Å²) in [5.74, 6) is -0.0613. The summed E-state index contributed by atoms with van der Waals surface area (Å²) >= 11 is 0. The summed E-state index contributed by atoms with van der Waals surface area (Å²) in [5, 5.41) is 12.5. The van der Waals surface area contributed by atoms with E-state index in [0.29, 0.717) is 11.1 Å². The van der Waals surface area contributed by atoms with E-state index in [0.717, 1.165) is 56.1 Å². The Bertz CT molecular complexity index is 1890. The van der Waals surface area contributed by atoms with E-state index >= 15 is 0 Å². The molecular formula is C34H25N2O2+. The van der Waals surface area contributed by atoms with Gasteiger partial charge < -0.3 is 9.67 Å². The van der Waals surface area contributed by atoms with Crippen LogP contribution in [0.1, 0.15) is 23.7 Å². The standard InChI is InChI=1S/C34H24N2O2/c1-21-29(25-17-9-11-19-27(25)35(21)23-13-5-3-6-14-23)31-33(37)32(34(31)38)30-22(2)36(24-15-7-4-8-16-24)28-20-12-10-18-26(28)30/h3-20H,1-2H3/p+1. The fraction of sp³-hybridized carbons (Fsp3) is 0.0588. The van der Waals surface area contributed by atoms with Crippen LogP contribution in [0.15, 0.2) is 121 Å². The van der Waals surface area contributed by atoms with E-state index in [2.05, 4.69) is 45.5 Å². The zero-order valence-corrected chi connectivity index (χ0v) is 21.1. The van der Waals surface area contributed by atoms with Gasteiger partial charge in [0.2, 0.25) is 17.2 Å². The van der Waals surface area contributed by atoms with Crippen LogP contribution in [0, 0.1) is 6.92 Å². The average Bonchev–Trinajstić information content (AvgIpc) is 3.40. The molecule has 4 aromatic carbocycles. The highest BCUT2D eigenvalue weighted by atomic mass is 16.3. The monoisotopic (exact) mass is 493 g/mol. The first-order valence-corrected chi connectivity index (χ1v) is 12.7. The number of ketones is 1. The van der Waals surface area contributed by atoms with Crippen LogP contribution in [-0.2, 0) is 4.79 Å². The molecule has 0 radical (unpaired) electrons. The van der Waals surface area contributed by atoms with Crippen LogP contribution in [0.5, 0.6) is 0 Å². The number of benzene rings is 4. The molecule has 2 heterocycles. The average molecular weight is 494 g/mol. The molecule has 1 aromatic heterocycles. The highest BCUT2D eigenvalue weighted by molar-refractivity contribution is 6.48. The number of aliphatic hydroxyl groups excluding tert-OH is 1. The van der Waals surface area contributed by atoms with Crippen LogP contribution >= 0.6 is 0 Å². The number of allylic oxidation sites excluding steroid dienone is 3. The summed E-state index contributed by atoms with van der Waals surface area (Å²) in [5.41, 5.74) is 9.21. The third-order valence-electron chi connectivity index (χ3n) is 7.68. The van der Waals surface area contributed by atoms with Crippen molar-refractivity contribution in [3.8, 4) is 5.69 Å². The van der Waals surface area contributed by atoms with Gasteiger partial charge in [-0.05, 0) is 31.2 Å². The molecule has 1 N–H and O–H groups in total. The Kier molecular flexibility index (Phi) is 4.85. The second-order valence-electron chi connectivity index (χ2n) is 9.72. The van der Waals surface area contributed by atoms with E-state index < -0.39 is 0 Å². The molecule has 4 heteroatoms. The van der Waals surface area contributed by atoms with E-state index in [1.165, 1.54) is 0 Å². The van der Waals surface area contributed by atoms with Crippen LogP contribution < -0.4 is 4.58 Å². The van der Waals surface area contributed by atoms with Crippen molar-refractivity contribution in [1.29, 1.82) is 0 Å². The van der Waals surface area contributed by atoms with Gasteiger partial charge in [-0.25, -0.2) is 0 Å². The molecule has 5 aromatic rings. The largest absolute Gasteiger partial charge is 0.506 e. The summed E-state index contributed by atoms with van der Waals surface area (Å²) in [6.45, 7) is 4.03. The zero-order valence-electron chi connectivity index (χ0n) is 21.1. The minimum atomic E-state index is -0.124. The summed E-state index contributed by atoms with van der Waals surface area (Å²) < 4.78 is 4.31. The van der Waals surface area contributed by atoms with Crippen molar-refractivity contribution in [3.05, 3.63) is 137 Å². The van der Waals surface area contributed by atoms with E-state index in [4.69, 9.17) is 0 Å². The molecule has 38 heavy (non-hydrogen) atoms. The van der Waals surface area contributed by atoms with E-state index in [-0.39, 0.29) is 11.5 Å². The third kappa shape index (κ3) is 2.97. The van der Waals surface area contributed by atoms with Crippen molar-refractivity contribution in [2.75, 3.05) is 0 Å². The normalized spacial score (nSPS) is 16.8. The van der Waals surface area contributed by atoms with Crippen molar-refractivity contribution in [1.82, 2.24) is 9.14 Å². The summed E-state index contributed by atoms with van der Waals surface area (Å²) in [7, 11) is 0. The fourth-order valence-corrected chi connectivity index (χ4v) is 6.05. The number of hydrogen-bond acceptors (Lipinski definition) is 2. The molecule has 0 saturated carbocycles. The Morgan fingerprint density at radius 3 is 2.05 bits per heavy atom. The molecular weight excluding hydrogens is 468 g/mol. The minimum absolute atomic E-state index is 0.0631. The predicted octanol–water partition coefficient (Wildman–Crippen LogP) is 7.55. The number of fused-ring (bicyclic) bond motifs is 2. The first kappa shape index (κ1) is 22.3. The zero-order chi connectivity index (χ0) is 26.0. The van der Waals surface area contributed by atoms with Gasteiger partial charge in [0.1, 0.15) is 5.76 Å². The molecule has 1 aliphatic heterocycles. The van der Waals surface area contributed by atoms with Gasteiger partial charge in [-0.15, -0.1) is 0 Å². The molecule has 0 amide bonds. The molecule has 0 saturated heterocycles. The highest BCUT2D eigenvalue weighted by Crippen LogP contribution is 2.48. The highest BCUT2D eigenvalue weighted by Gasteiger charge is 2.45. The lowest BCUT2D eigenvalue weighted by molar-refractivity contribution is -0.111. The number of aliphatic hydroxyl groups is 1. The quantitative estimate of drug-likeness (QED) is 0.208.